The summed E-state index contributed by atoms with van der Waals surface area (Å²) >= 11 is 0. The summed E-state index contributed by atoms with van der Waals surface area (Å²) in [7, 11) is 0. The molecule has 126 valence electrons. The molecule has 1 aromatic heterocycles. The molecule has 2 aromatic rings. The predicted octanol–water partition coefficient (Wildman–Crippen LogP) is 2.11. The molecule has 6 nitrogen and oxygen atoms in total. The average molecular weight is 326 g/mol. The number of aryl methyl sites for hydroxylation is 1. The Hall–Kier alpha value is -2.50. The van der Waals surface area contributed by atoms with E-state index in [2.05, 4.69) is 22.4 Å². The molecule has 2 fully saturated rings. The van der Waals surface area contributed by atoms with Gasteiger partial charge in [-0.2, -0.15) is 0 Å². The van der Waals surface area contributed by atoms with Crippen LogP contribution in [0.2, 0.25) is 0 Å². The molecule has 0 aliphatic carbocycles. The molecule has 3 amide bonds. The highest BCUT2D eigenvalue weighted by molar-refractivity contribution is 5.98. The number of rotatable bonds is 2. The Morgan fingerprint density at radius 2 is 1.96 bits per heavy atom. The third-order valence-electron chi connectivity index (χ3n) is 5.09. The molecule has 0 unspecified atom stereocenters. The quantitative estimate of drug-likeness (QED) is 0.887. The Morgan fingerprint density at radius 1 is 1.17 bits per heavy atom. The van der Waals surface area contributed by atoms with E-state index in [1.807, 2.05) is 28.9 Å². The first kappa shape index (κ1) is 15.1. The van der Waals surface area contributed by atoms with Gasteiger partial charge in [0, 0.05) is 43.1 Å². The van der Waals surface area contributed by atoms with Crippen LogP contribution in [0.1, 0.15) is 28.9 Å². The number of aromatic amines is 1. The van der Waals surface area contributed by atoms with Gasteiger partial charge < -0.3 is 20.1 Å². The van der Waals surface area contributed by atoms with E-state index in [1.54, 1.807) is 0 Å². The number of amides is 3. The van der Waals surface area contributed by atoms with E-state index in [-0.39, 0.29) is 18.0 Å². The number of nitrogens with zero attached hydrogens (tertiary/aromatic N) is 2. The van der Waals surface area contributed by atoms with Crippen molar-refractivity contribution in [3.8, 4) is 0 Å². The van der Waals surface area contributed by atoms with Crippen LogP contribution in [0.3, 0.4) is 0 Å². The SMILES string of the molecule is Cc1ccc2cc(C(=O)N3CCC(N4CCNC4=O)CC3)[nH]c2c1. The molecule has 2 aliphatic heterocycles. The van der Waals surface area contributed by atoms with Crippen molar-refractivity contribution in [3.05, 3.63) is 35.5 Å². The molecule has 0 radical (unpaired) electrons. The summed E-state index contributed by atoms with van der Waals surface area (Å²) < 4.78 is 0. The number of H-pyrrole nitrogens is 1. The fourth-order valence-electron chi connectivity index (χ4n) is 3.74. The Kier molecular flexibility index (Phi) is 3.67. The molecule has 0 bridgehead atoms. The van der Waals surface area contributed by atoms with Gasteiger partial charge in [0.15, 0.2) is 0 Å². The van der Waals surface area contributed by atoms with E-state index in [0.717, 1.165) is 36.8 Å². The van der Waals surface area contributed by atoms with Crippen LogP contribution in [-0.4, -0.2) is 58.9 Å². The van der Waals surface area contributed by atoms with E-state index in [9.17, 15) is 9.59 Å². The summed E-state index contributed by atoms with van der Waals surface area (Å²) in [6.07, 6.45) is 1.69. The first-order valence-corrected chi connectivity index (χ1v) is 8.55. The fraction of sp³-hybridized carbons (Fsp3) is 0.444. The number of likely N-dealkylation sites (tertiary alicyclic amines) is 1. The van der Waals surface area contributed by atoms with E-state index >= 15 is 0 Å². The summed E-state index contributed by atoms with van der Waals surface area (Å²) in [6, 6.07) is 8.36. The minimum atomic E-state index is 0.0331. The van der Waals surface area contributed by atoms with Crippen LogP contribution < -0.4 is 5.32 Å². The van der Waals surface area contributed by atoms with Gasteiger partial charge in [-0.25, -0.2) is 4.79 Å². The molecule has 1 aromatic carbocycles. The molecule has 3 heterocycles. The second-order valence-electron chi connectivity index (χ2n) is 6.72. The van der Waals surface area contributed by atoms with E-state index in [4.69, 9.17) is 0 Å². The highest BCUT2D eigenvalue weighted by Crippen LogP contribution is 2.22. The lowest BCUT2D eigenvalue weighted by Crippen LogP contribution is -2.47. The Morgan fingerprint density at radius 3 is 2.67 bits per heavy atom. The zero-order valence-electron chi connectivity index (χ0n) is 13.8. The van der Waals surface area contributed by atoms with E-state index in [0.29, 0.717) is 18.8 Å². The van der Waals surface area contributed by atoms with Gasteiger partial charge in [-0.3, -0.25) is 4.79 Å². The lowest BCUT2D eigenvalue weighted by atomic mass is 10.0. The molecule has 2 aliphatic rings. The smallest absolute Gasteiger partial charge is 0.317 e. The molecule has 0 spiro atoms. The first-order chi connectivity index (χ1) is 11.6. The minimum absolute atomic E-state index is 0.0331. The number of fused-ring (bicyclic) bond motifs is 1. The van der Waals surface area contributed by atoms with Crippen molar-refractivity contribution in [2.45, 2.75) is 25.8 Å². The molecule has 4 rings (SSSR count). The van der Waals surface area contributed by atoms with Crippen LogP contribution in [0.15, 0.2) is 24.3 Å². The lowest BCUT2D eigenvalue weighted by Gasteiger charge is -2.35. The van der Waals surface area contributed by atoms with Gasteiger partial charge in [0.2, 0.25) is 0 Å². The van der Waals surface area contributed by atoms with Crippen molar-refractivity contribution in [3.63, 3.8) is 0 Å². The van der Waals surface area contributed by atoms with Gasteiger partial charge in [0.25, 0.3) is 5.91 Å². The molecule has 2 N–H and O–H groups in total. The van der Waals surface area contributed by atoms with Gasteiger partial charge in [-0.05, 0) is 37.5 Å². The van der Waals surface area contributed by atoms with Crippen LogP contribution in [0, 0.1) is 6.92 Å². The number of urea groups is 1. The summed E-state index contributed by atoms with van der Waals surface area (Å²) in [5, 5.41) is 3.91. The predicted molar refractivity (Wildman–Crippen MR) is 92.1 cm³/mol. The largest absolute Gasteiger partial charge is 0.351 e. The second-order valence-corrected chi connectivity index (χ2v) is 6.72. The number of piperidine rings is 1. The van der Waals surface area contributed by atoms with Gasteiger partial charge in [0.05, 0.1) is 0 Å². The number of carbonyl (C=O) groups excluding carboxylic acids is 2. The van der Waals surface area contributed by atoms with Crippen molar-refractivity contribution in [2.24, 2.45) is 0 Å². The molecular weight excluding hydrogens is 304 g/mol. The van der Waals surface area contributed by atoms with Gasteiger partial charge in [-0.15, -0.1) is 0 Å². The molecule has 6 heteroatoms. The molecule has 0 atom stereocenters. The number of nitrogens with one attached hydrogen (secondary N) is 2. The third-order valence-corrected chi connectivity index (χ3v) is 5.09. The Balaban J connectivity index is 1.44. The van der Waals surface area contributed by atoms with Gasteiger partial charge in [0.1, 0.15) is 5.69 Å². The zero-order valence-corrected chi connectivity index (χ0v) is 13.8. The lowest BCUT2D eigenvalue weighted by molar-refractivity contribution is 0.0661. The summed E-state index contributed by atoms with van der Waals surface area (Å²) in [6.45, 7) is 4.94. The van der Waals surface area contributed by atoms with Crippen LogP contribution >= 0.6 is 0 Å². The first-order valence-electron chi connectivity index (χ1n) is 8.55. The topological polar surface area (TPSA) is 68.4 Å². The van der Waals surface area contributed by atoms with E-state index < -0.39 is 0 Å². The average Bonchev–Trinajstić information content (AvgIpc) is 3.20. The molecule has 24 heavy (non-hydrogen) atoms. The maximum absolute atomic E-state index is 12.7. The summed E-state index contributed by atoms with van der Waals surface area (Å²) in [4.78, 5) is 31.6. The van der Waals surface area contributed by atoms with Crippen molar-refractivity contribution in [2.75, 3.05) is 26.2 Å². The fourth-order valence-corrected chi connectivity index (χ4v) is 3.74. The standard InChI is InChI=1S/C18H22N4O2/c1-12-2-3-13-11-16(20-15(13)10-12)17(23)21-7-4-14(5-8-21)22-9-6-19-18(22)24/h2-3,10-11,14,20H,4-9H2,1H3,(H,19,24). The Bertz CT molecular complexity index is 789. The summed E-state index contributed by atoms with van der Waals surface area (Å²) in [5.74, 6) is 0.0492. The van der Waals surface area contributed by atoms with Gasteiger partial charge in [-0.1, -0.05) is 12.1 Å². The number of benzene rings is 1. The summed E-state index contributed by atoms with van der Waals surface area (Å²) in [5.41, 5.74) is 2.82. The zero-order chi connectivity index (χ0) is 16.7. The normalized spacial score (nSPS) is 19.1. The second kappa shape index (κ2) is 5.85. The highest BCUT2D eigenvalue weighted by atomic mass is 16.2. The number of hydrogen-bond donors (Lipinski definition) is 2. The highest BCUT2D eigenvalue weighted by Gasteiger charge is 2.32. The maximum atomic E-state index is 12.7. The Labute approximate surface area is 140 Å². The molecular formula is C18H22N4O2. The van der Waals surface area contributed by atoms with Crippen molar-refractivity contribution < 1.29 is 9.59 Å². The van der Waals surface area contributed by atoms with Gasteiger partial charge >= 0.3 is 6.03 Å². The van der Waals surface area contributed by atoms with Crippen molar-refractivity contribution in [1.82, 2.24) is 20.1 Å². The number of aromatic nitrogens is 1. The minimum Gasteiger partial charge on any atom is -0.351 e. The maximum Gasteiger partial charge on any atom is 0.317 e. The van der Waals surface area contributed by atoms with Crippen molar-refractivity contribution in [1.29, 1.82) is 0 Å². The van der Waals surface area contributed by atoms with Crippen LogP contribution in [-0.2, 0) is 0 Å². The number of carbonyl (C=O) groups is 2. The third kappa shape index (κ3) is 2.62. The van der Waals surface area contributed by atoms with Crippen LogP contribution in [0.5, 0.6) is 0 Å². The van der Waals surface area contributed by atoms with Crippen molar-refractivity contribution >= 4 is 22.8 Å². The monoisotopic (exact) mass is 326 g/mol. The van der Waals surface area contributed by atoms with E-state index in [1.165, 1.54) is 5.56 Å². The van der Waals surface area contributed by atoms with Crippen LogP contribution in [0.25, 0.3) is 10.9 Å². The van der Waals surface area contributed by atoms with Crippen LogP contribution in [0.4, 0.5) is 4.79 Å². The molecule has 2 saturated heterocycles. The molecule has 0 saturated carbocycles. The number of hydrogen-bond acceptors (Lipinski definition) is 2.